The van der Waals surface area contributed by atoms with Gasteiger partial charge in [0.25, 0.3) is 0 Å². The van der Waals surface area contributed by atoms with E-state index in [4.69, 9.17) is 9.47 Å². The highest BCUT2D eigenvalue weighted by Crippen LogP contribution is 2.15. The minimum Gasteiger partial charge on any atom is -0.493 e. The van der Waals surface area contributed by atoms with E-state index < -0.39 is 0 Å². The molecule has 15 heavy (non-hydrogen) atoms. The summed E-state index contributed by atoms with van der Waals surface area (Å²) in [5.41, 5.74) is -0.181. The topological polar surface area (TPSA) is 18.5 Å². The predicted molar refractivity (Wildman–Crippen MR) is 57.6 cm³/mol. The smallest absolute Gasteiger partial charge is 0.123 e. The third-order valence-corrected chi connectivity index (χ3v) is 2.34. The minimum atomic E-state index is -0.250. The van der Waals surface area contributed by atoms with Crippen LogP contribution in [0.3, 0.4) is 0 Å². The van der Waals surface area contributed by atoms with Gasteiger partial charge in [-0.15, -0.1) is 0 Å². The Morgan fingerprint density at radius 1 is 1.20 bits per heavy atom. The highest BCUT2D eigenvalue weighted by molar-refractivity contribution is 5.21. The van der Waals surface area contributed by atoms with Gasteiger partial charge in [0.2, 0.25) is 0 Å². The van der Waals surface area contributed by atoms with Gasteiger partial charge >= 0.3 is 0 Å². The maximum atomic E-state index is 12.6. The first-order valence-corrected chi connectivity index (χ1v) is 4.97. The molecule has 0 atom stereocenters. The van der Waals surface area contributed by atoms with Crippen LogP contribution < -0.4 is 4.74 Å². The van der Waals surface area contributed by atoms with E-state index in [0.717, 1.165) is 6.42 Å². The van der Waals surface area contributed by atoms with Crippen LogP contribution >= 0.6 is 0 Å². The number of ether oxygens (including phenoxy) is 2. The van der Waals surface area contributed by atoms with E-state index in [2.05, 4.69) is 0 Å². The molecule has 0 aliphatic heterocycles. The fourth-order valence-corrected chi connectivity index (χ4v) is 1.05. The Bertz CT molecular complexity index is 293. The minimum absolute atomic E-state index is 0.181. The molecular formula is C12H17FO2. The van der Waals surface area contributed by atoms with Crippen LogP contribution in [-0.2, 0) is 4.74 Å². The Balaban J connectivity index is 2.35. The zero-order valence-corrected chi connectivity index (χ0v) is 9.42. The summed E-state index contributed by atoms with van der Waals surface area (Å²) in [6, 6.07) is 6.01. The summed E-state index contributed by atoms with van der Waals surface area (Å²) in [5.74, 6) is 0.433. The molecule has 1 rings (SSSR count). The van der Waals surface area contributed by atoms with Gasteiger partial charge in [-0.05, 0) is 38.1 Å². The highest BCUT2D eigenvalue weighted by Gasteiger charge is 2.15. The number of rotatable bonds is 5. The molecule has 0 aromatic heterocycles. The van der Waals surface area contributed by atoms with E-state index in [9.17, 15) is 4.39 Å². The molecule has 0 aliphatic rings. The molecule has 1 aromatic carbocycles. The van der Waals surface area contributed by atoms with Crippen molar-refractivity contribution >= 4 is 0 Å². The van der Waals surface area contributed by atoms with Gasteiger partial charge in [-0.1, -0.05) is 0 Å². The third kappa shape index (κ3) is 4.30. The Kier molecular flexibility index (Phi) is 4.09. The lowest BCUT2D eigenvalue weighted by Crippen LogP contribution is -2.25. The molecule has 0 fully saturated rings. The third-order valence-electron chi connectivity index (χ3n) is 2.34. The van der Waals surface area contributed by atoms with Crippen molar-refractivity contribution in [3.63, 3.8) is 0 Å². The normalized spacial score (nSPS) is 11.5. The van der Waals surface area contributed by atoms with Gasteiger partial charge in [0.1, 0.15) is 11.6 Å². The molecule has 0 N–H and O–H groups in total. The first-order valence-electron chi connectivity index (χ1n) is 4.97. The van der Waals surface area contributed by atoms with E-state index in [1.54, 1.807) is 19.2 Å². The molecular weight excluding hydrogens is 195 g/mol. The van der Waals surface area contributed by atoms with E-state index in [1.165, 1.54) is 12.1 Å². The second kappa shape index (κ2) is 5.12. The lowest BCUT2D eigenvalue weighted by molar-refractivity contribution is 0.00545. The van der Waals surface area contributed by atoms with Crippen molar-refractivity contribution in [3.05, 3.63) is 30.1 Å². The zero-order chi connectivity index (χ0) is 11.3. The van der Waals surface area contributed by atoms with E-state index in [1.807, 2.05) is 13.8 Å². The molecule has 0 amide bonds. The van der Waals surface area contributed by atoms with Gasteiger partial charge in [-0.25, -0.2) is 4.39 Å². The molecule has 0 saturated carbocycles. The van der Waals surface area contributed by atoms with Crippen molar-refractivity contribution < 1.29 is 13.9 Å². The molecule has 0 aliphatic carbocycles. The molecule has 0 unspecified atom stereocenters. The SMILES string of the molecule is COC(C)(C)CCOc1ccc(F)cc1. The maximum absolute atomic E-state index is 12.6. The first-order chi connectivity index (χ1) is 7.03. The molecule has 84 valence electrons. The van der Waals surface area contributed by atoms with Crippen LogP contribution in [0, 0.1) is 5.82 Å². The Labute approximate surface area is 90.0 Å². The molecule has 2 nitrogen and oxygen atoms in total. The summed E-state index contributed by atoms with van der Waals surface area (Å²) in [7, 11) is 1.68. The van der Waals surface area contributed by atoms with Crippen molar-refractivity contribution in [2.24, 2.45) is 0 Å². The summed E-state index contributed by atoms with van der Waals surface area (Å²) in [6.45, 7) is 4.56. The summed E-state index contributed by atoms with van der Waals surface area (Å²) < 4.78 is 23.3. The van der Waals surface area contributed by atoms with Crippen molar-refractivity contribution in [1.82, 2.24) is 0 Å². The molecule has 1 aromatic rings. The number of halogens is 1. The van der Waals surface area contributed by atoms with Crippen molar-refractivity contribution in [2.45, 2.75) is 25.9 Å². The molecule has 3 heteroatoms. The van der Waals surface area contributed by atoms with Gasteiger partial charge in [-0.3, -0.25) is 0 Å². The van der Waals surface area contributed by atoms with Gasteiger partial charge in [-0.2, -0.15) is 0 Å². The summed E-state index contributed by atoms with van der Waals surface area (Å²) in [4.78, 5) is 0. The summed E-state index contributed by atoms with van der Waals surface area (Å²) >= 11 is 0. The second-order valence-corrected chi connectivity index (χ2v) is 4.02. The van der Waals surface area contributed by atoms with Crippen LogP contribution in [0.5, 0.6) is 5.75 Å². The molecule has 0 radical (unpaired) electrons. The maximum Gasteiger partial charge on any atom is 0.123 e. The standard InChI is InChI=1S/C12H17FO2/c1-12(2,14-3)8-9-15-11-6-4-10(13)5-7-11/h4-7H,8-9H2,1-3H3. The average Bonchev–Trinajstić information content (AvgIpc) is 2.21. The predicted octanol–water partition coefficient (Wildman–Crippen LogP) is 3.02. The molecule has 0 heterocycles. The fraction of sp³-hybridized carbons (Fsp3) is 0.500. The first kappa shape index (κ1) is 12.0. The van der Waals surface area contributed by atoms with Crippen LogP contribution in [0.1, 0.15) is 20.3 Å². The average molecular weight is 212 g/mol. The number of methoxy groups -OCH3 is 1. The lowest BCUT2D eigenvalue weighted by Gasteiger charge is -2.22. The number of benzene rings is 1. The van der Waals surface area contributed by atoms with Crippen LogP contribution in [0.4, 0.5) is 4.39 Å². The monoisotopic (exact) mass is 212 g/mol. The second-order valence-electron chi connectivity index (χ2n) is 4.02. The lowest BCUT2D eigenvalue weighted by atomic mass is 10.1. The van der Waals surface area contributed by atoms with Gasteiger partial charge < -0.3 is 9.47 Å². The fourth-order valence-electron chi connectivity index (χ4n) is 1.05. The van der Waals surface area contributed by atoms with Crippen LogP contribution in [-0.4, -0.2) is 19.3 Å². The van der Waals surface area contributed by atoms with Crippen molar-refractivity contribution in [1.29, 1.82) is 0 Å². The van der Waals surface area contributed by atoms with Gasteiger partial charge in [0.15, 0.2) is 0 Å². The van der Waals surface area contributed by atoms with E-state index >= 15 is 0 Å². The van der Waals surface area contributed by atoms with Crippen LogP contribution in [0.15, 0.2) is 24.3 Å². The number of hydrogen-bond donors (Lipinski definition) is 0. The summed E-state index contributed by atoms with van der Waals surface area (Å²) in [6.07, 6.45) is 0.793. The van der Waals surface area contributed by atoms with Crippen molar-refractivity contribution in [3.8, 4) is 5.75 Å². The summed E-state index contributed by atoms with van der Waals surface area (Å²) in [5, 5.41) is 0. The van der Waals surface area contributed by atoms with Crippen LogP contribution in [0.2, 0.25) is 0 Å². The van der Waals surface area contributed by atoms with Crippen LogP contribution in [0.25, 0.3) is 0 Å². The zero-order valence-electron chi connectivity index (χ0n) is 9.42. The molecule has 0 bridgehead atoms. The van der Waals surface area contributed by atoms with Gasteiger partial charge in [0, 0.05) is 13.5 Å². The molecule has 0 saturated heterocycles. The number of hydrogen-bond acceptors (Lipinski definition) is 2. The highest BCUT2D eigenvalue weighted by atomic mass is 19.1. The van der Waals surface area contributed by atoms with Crippen molar-refractivity contribution in [2.75, 3.05) is 13.7 Å². The quantitative estimate of drug-likeness (QED) is 0.747. The Morgan fingerprint density at radius 3 is 2.33 bits per heavy atom. The van der Waals surface area contributed by atoms with Gasteiger partial charge in [0.05, 0.1) is 12.2 Å². The Morgan fingerprint density at radius 2 is 1.80 bits per heavy atom. The van der Waals surface area contributed by atoms with E-state index in [-0.39, 0.29) is 11.4 Å². The molecule has 0 spiro atoms. The Hall–Kier alpha value is -1.09. The van der Waals surface area contributed by atoms with E-state index in [0.29, 0.717) is 12.4 Å². The largest absolute Gasteiger partial charge is 0.493 e.